The molecule has 1 fully saturated rings. The maximum absolute atomic E-state index is 12.7. The minimum atomic E-state index is -4.33. The topological polar surface area (TPSA) is 29.3 Å². The van der Waals surface area contributed by atoms with Crippen LogP contribution in [0.25, 0.3) is 0 Å². The number of nitrogens with two attached hydrogens (primary N) is 1. The maximum atomic E-state index is 12.7. The number of thiocarbonyl (C=S) groups is 1. The van der Waals surface area contributed by atoms with Gasteiger partial charge in [0.2, 0.25) is 0 Å². The van der Waals surface area contributed by atoms with Crippen molar-refractivity contribution in [1.82, 2.24) is 4.90 Å². The highest BCUT2D eigenvalue weighted by atomic mass is 32.1. The molecule has 1 aliphatic rings. The average Bonchev–Trinajstić information content (AvgIpc) is 2.14. The number of hydrogen-bond donors (Lipinski definition) is 1. The molecular formula is C10H17F3N2S. The van der Waals surface area contributed by atoms with Gasteiger partial charge in [0.1, 0.15) is 5.92 Å². The van der Waals surface area contributed by atoms with Crippen molar-refractivity contribution in [1.29, 1.82) is 0 Å². The number of piperidine rings is 1. The zero-order valence-corrected chi connectivity index (χ0v) is 10.1. The highest BCUT2D eigenvalue weighted by molar-refractivity contribution is 7.80. The predicted octanol–water partition coefficient (Wildman–Crippen LogP) is 2.33. The summed E-state index contributed by atoms with van der Waals surface area (Å²) in [6, 6.07) is 0.188. The first-order valence-corrected chi connectivity index (χ1v) is 5.83. The van der Waals surface area contributed by atoms with Crippen LogP contribution in [0.4, 0.5) is 13.2 Å². The van der Waals surface area contributed by atoms with E-state index in [1.54, 1.807) is 0 Å². The third kappa shape index (κ3) is 3.59. The Balaban J connectivity index is 2.64. The highest BCUT2D eigenvalue weighted by Gasteiger charge is 2.43. The van der Waals surface area contributed by atoms with Gasteiger partial charge in [-0.05, 0) is 26.3 Å². The Morgan fingerprint density at radius 2 is 2.12 bits per heavy atom. The number of hydrogen-bond acceptors (Lipinski definition) is 2. The lowest BCUT2D eigenvalue weighted by atomic mass is 10.0. The Morgan fingerprint density at radius 1 is 1.50 bits per heavy atom. The highest BCUT2D eigenvalue weighted by Crippen LogP contribution is 2.29. The van der Waals surface area contributed by atoms with Crippen molar-refractivity contribution in [3.63, 3.8) is 0 Å². The lowest BCUT2D eigenvalue weighted by Gasteiger charge is -2.36. The van der Waals surface area contributed by atoms with Crippen molar-refractivity contribution in [2.24, 2.45) is 11.7 Å². The summed E-state index contributed by atoms with van der Waals surface area (Å²) in [4.78, 5) is 1.38. The van der Waals surface area contributed by atoms with Crippen LogP contribution in [0.5, 0.6) is 0 Å². The van der Waals surface area contributed by atoms with E-state index in [4.69, 9.17) is 5.73 Å². The van der Waals surface area contributed by atoms with Gasteiger partial charge in [-0.2, -0.15) is 13.2 Å². The molecule has 0 aliphatic carbocycles. The second-order valence-corrected chi connectivity index (χ2v) is 4.81. The molecule has 16 heavy (non-hydrogen) atoms. The molecule has 0 spiro atoms. The molecule has 0 amide bonds. The van der Waals surface area contributed by atoms with Crippen LogP contribution >= 0.6 is 12.2 Å². The number of likely N-dealkylation sites (tertiary alicyclic amines) is 1. The summed E-state index contributed by atoms with van der Waals surface area (Å²) in [6.07, 6.45) is -1.35. The molecule has 6 heteroatoms. The van der Waals surface area contributed by atoms with Gasteiger partial charge in [0.15, 0.2) is 0 Å². The summed E-state index contributed by atoms with van der Waals surface area (Å²) in [5.74, 6) is -1.68. The van der Waals surface area contributed by atoms with Crippen LogP contribution in [0.2, 0.25) is 0 Å². The van der Waals surface area contributed by atoms with E-state index < -0.39 is 17.1 Å². The zero-order chi connectivity index (χ0) is 12.3. The molecule has 0 saturated carbocycles. The van der Waals surface area contributed by atoms with Crippen molar-refractivity contribution < 1.29 is 13.2 Å². The van der Waals surface area contributed by atoms with E-state index in [1.807, 2.05) is 11.8 Å². The molecule has 2 atom stereocenters. The number of nitrogens with zero attached hydrogens (tertiary/aromatic N) is 1. The van der Waals surface area contributed by atoms with E-state index in [1.165, 1.54) is 0 Å². The molecule has 0 aromatic carbocycles. The van der Waals surface area contributed by atoms with Crippen LogP contribution in [0.1, 0.15) is 26.2 Å². The smallest absolute Gasteiger partial charge is 0.393 e. The van der Waals surface area contributed by atoms with Gasteiger partial charge in [-0.3, -0.25) is 4.90 Å². The van der Waals surface area contributed by atoms with Crippen molar-refractivity contribution in [3.05, 3.63) is 0 Å². The lowest BCUT2D eigenvalue weighted by molar-refractivity contribution is -0.161. The van der Waals surface area contributed by atoms with E-state index in [0.29, 0.717) is 6.54 Å². The molecule has 0 bridgehead atoms. The summed E-state index contributed by atoms with van der Waals surface area (Å²) >= 11 is 4.50. The Hall–Kier alpha value is -0.360. The first-order valence-electron chi connectivity index (χ1n) is 5.42. The van der Waals surface area contributed by atoms with Gasteiger partial charge in [-0.1, -0.05) is 18.6 Å². The SMILES string of the molecule is CC1CCCCN1CC(C(N)=S)C(F)(F)F. The number of alkyl halides is 3. The largest absolute Gasteiger partial charge is 0.399 e. The van der Waals surface area contributed by atoms with E-state index in [2.05, 4.69) is 12.2 Å². The van der Waals surface area contributed by atoms with Gasteiger partial charge >= 0.3 is 6.18 Å². The van der Waals surface area contributed by atoms with Gasteiger partial charge in [0.25, 0.3) is 0 Å². The maximum Gasteiger partial charge on any atom is 0.399 e. The first-order chi connectivity index (χ1) is 7.32. The summed E-state index contributed by atoms with van der Waals surface area (Å²) in [7, 11) is 0. The molecule has 94 valence electrons. The van der Waals surface area contributed by atoms with Gasteiger partial charge in [-0.25, -0.2) is 0 Å². The van der Waals surface area contributed by atoms with Crippen LogP contribution in [0.15, 0.2) is 0 Å². The standard InChI is InChI=1S/C10H17F3N2S/c1-7-4-2-3-5-15(7)6-8(9(14)16)10(11,12)13/h7-8H,2-6H2,1H3,(H2,14,16). The third-order valence-corrected chi connectivity index (χ3v) is 3.38. The second-order valence-electron chi connectivity index (χ2n) is 4.34. The minimum Gasteiger partial charge on any atom is -0.393 e. The Labute approximate surface area is 99.0 Å². The Kier molecular flexibility index (Phi) is 4.55. The molecule has 0 radical (unpaired) electrons. The fourth-order valence-electron chi connectivity index (χ4n) is 2.02. The van der Waals surface area contributed by atoms with E-state index >= 15 is 0 Å². The van der Waals surface area contributed by atoms with Crippen molar-refractivity contribution in [2.45, 2.75) is 38.4 Å². The Bertz CT molecular complexity index is 255. The van der Waals surface area contributed by atoms with E-state index in [0.717, 1.165) is 19.3 Å². The van der Waals surface area contributed by atoms with Gasteiger partial charge in [-0.15, -0.1) is 0 Å². The lowest BCUT2D eigenvalue weighted by Crippen LogP contribution is -2.47. The van der Waals surface area contributed by atoms with E-state index in [9.17, 15) is 13.2 Å². The molecule has 2 nitrogen and oxygen atoms in total. The molecule has 1 aliphatic heterocycles. The molecular weight excluding hydrogens is 237 g/mol. The molecule has 0 aromatic heterocycles. The van der Waals surface area contributed by atoms with E-state index in [-0.39, 0.29) is 12.6 Å². The molecule has 0 aromatic rings. The number of rotatable bonds is 3. The fourth-order valence-corrected chi connectivity index (χ4v) is 2.23. The number of halogens is 3. The molecule has 1 rings (SSSR count). The van der Waals surface area contributed by atoms with Crippen LogP contribution in [0, 0.1) is 5.92 Å². The van der Waals surface area contributed by atoms with Gasteiger partial charge in [0.05, 0.1) is 4.99 Å². The summed E-state index contributed by atoms with van der Waals surface area (Å²) in [6.45, 7) is 2.56. The monoisotopic (exact) mass is 254 g/mol. The van der Waals surface area contributed by atoms with Crippen LogP contribution in [0.3, 0.4) is 0 Å². The predicted molar refractivity (Wildman–Crippen MR) is 61.2 cm³/mol. The van der Waals surface area contributed by atoms with Crippen molar-refractivity contribution in [2.75, 3.05) is 13.1 Å². The van der Waals surface area contributed by atoms with Crippen LogP contribution in [-0.2, 0) is 0 Å². The molecule has 2 unspecified atom stereocenters. The van der Waals surface area contributed by atoms with Crippen molar-refractivity contribution in [3.8, 4) is 0 Å². The quantitative estimate of drug-likeness (QED) is 0.784. The fraction of sp³-hybridized carbons (Fsp3) is 0.900. The molecule has 2 N–H and O–H groups in total. The Morgan fingerprint density at radius 3 is 2.56 bits per heavy atom. The van der Waals surface area contributed by atoms with Crippen molar-refractivity contribution >= 4 is 17.2 Å². The first kappa shape index (κ1) is 13.7. The summed E-state index contributed by atoms with van der Waals surface area (Å²) in [5.41, 5.74) is 5.17. The van der Waals surface area contributed by atoms with Crippen LogP contribution in [-0.4, -0.2) is 35.2 Å². The third-order valence-electron chi connectivity index (χ3n) is 3.10. The average molecular weight is 254 g/mol. The van der Waals surface area contributed by atoms with Crippen LogP contribution < -0.4 is 5.73 Å². The van der Waals surface area contributed by atoms with Gasteiger partial charge < -0.3 is 5.73 Å². The second kappa shape index (κ2) is 5.31. The zero-order valence-electron chi connectivity index (χ0n) is 9.26. The molecule has 1 heterocycles. The minimum absolute atomic E-state index is 0.0972. The normalized spacial score (nSPS) is 25.4. The summed E-state index contributed by atoms with van der Waals surface area (Å²) in [5, 5.41) is 0. The molecule has 1 saturated heterocycles. The van der Waals surface area contributed by atoms with Gasteiger partial charge in [0, 0.05) is 12.6 Å². The summed E-state index contributed by atoms with van der Waals surface area (Å²) < 4.78 is 38.0.